The Morgan fingerprint density at radius 1 is 0.483 bits per heavy atom. The SMILES string of the molecule is O=[C]c1ccc(-c2ccc(C#Cc3ccc(Cc4ccccc4)cc3)cc2)cc1. The van der Waals surface area contributed by atoms with E-state index in [1.807, 2.05) is 48.8 Å². The molecule has 0 aliphatic heterocycles. The lowest BCUT2D eigenvalue weighted by atomic mass is 10.0. The molecule has 0 saturated carbocycles. The summed E-state index contributed by atoms with van der Waals surface area (Å²) in [4.78, 5) is 10.6. The topological polar surface area (TPSA) is 17.1 Å². The molecule has 29 heavy (non-hydrogen) atoms. The first kappa shape index (κ1) is 18.5. The van der Waals surface area contributed by atoms with Crippen LogP contribution < -0.4 is 0 Å². The molecule has 0 aliphatic carbocycles. The standard InChI is InChI=1S/C28H19O/c29-21-26-14-18-28(19-15-26)27-16-12-23(13-17-27)7-6-22-8-10-25(11-9-22)20-24-4-2-1-3-5-24/h1-5,8-19H,20H2. The molecule has 0 aromatic heterocycles. The molecule has 137 valence electrons. The summed E-state index contributed by atoms with van der Waals surface area (Å²) >= 11 is 0. The predicted octanol–water partition coefficient (Wildman–Crippen LogP) is 5.80. The zero-order chi connectivity index (χ0) is 19.9. The van der Waals surface area contributed by atoms with Crippen molar-refractivity contribution in [3.05, 3.63) is 131 Å². The van der Waals surface area contributed by atoms with Gasteiger partial charge in [-0.05, 0) is 52.9 Å². The van der Waals surface area contributed by atoms with Crippen molar-refractivity contribution in [1.82, 2.24) is 0 Å². The Bertz CT molecular complexity index is 1140. The minimum absolute atomic E-state index is 0.561. The van der Waals surface area contributed by atoms with Gasteiger partial charge in [0.25, 0.3) is 0 Å². The Hall–Kier alpha value is -3.89. The van der Waals surface area contributed by atoms with Crippen LogP contribution in [0.3, 0.4) is 0 Å². The fourth-order valence-corrected chi connectivity index (χ4v) is 3.16. The van der Waals surface area contributed by atoms with E-state index in [0.29, 0.717) is 5.56 Å². The zero-order valence-electron chi connectivity index (χ0n) is 15.9. The van der Waals surface area contributed by atoms with Crippen LogP contribution in [0.4, 0.5) is 0 Å². The molecular formula is C28H19O. The highest BCUT2D eigenvalue weighted by Crippen LogP contribution is 2.20. The lowest BCUT2D eigenvalue weighted by Gasteiger charge is -2.02. The van der Waals surface area contributed by atoms with E-state index < -0.39 is 0 Å². The average molecular weight is 371 g/mol. The molecule has 0 spiro atoms. The van der Waals surface area contributed by atoms with Crippen LogP contribution in [0.15, 0.2) is 103 Å². The summed E-state index contributed by atoms with van der Waals surface area (Å²) in [5.41, 5.74) is 7.29. The van der Waals surface area contributed by atoms with Crippen LogP contribution in [-0.4, -0.2) is 6.29 Å². The Kier molecular flexibility index (Phi) is 5.65. The van der Waals surface area contributed by atoms with E-state index in [9.17, 15) is 4.79 Å². The Morgan fingerprint density at radius 2 is 0.931 bits per heavy atom. The van der Waals surface area contributed by atoms with Gasteiger partial charge in [0, 0.05) is 16.7 Å². The van der Waals surface area contributed by atoms with Crippen LogP contribution in [0.2, 0.25) is 0 Å². The first-order valence-electron chi connectivity index (χ1n) is 9.54. The van der Waals surface area contributed by atoms with Gasteiger partial charge in [0.05, 0.1) is 0 Å². The molecule has 4 aromatic rings. The summed E-state index contributed by atoms with van der Waals surface area (Å²) in [5, 5.41) is 0. The molecule has 0 atom stereocenters. The van der Waals surface area contributed by atoms with E-state index in [1.54, 1.807) is 12.1 Å². The van der Waals surface area contributed by atoms with Gasteiger partial charge in [0.15, 0.2) is 0 Å². The number of carbonyl (C=O) groups excluding carboxylic acids is 1. The second-order valence-electron chi connectivity index (χ2n) is 6.87. The normalized spacial score (nSPS) is 10.1. The van der Waals surface area contributed by atoms with E-state index in [2.05, 4.69) is 60.4 Å². The van der Waals surface area contributed by atoms with Crippen molar-refractivity contribution in [3.63, 3.8) is 0 Å². The van der Waals surface area contributed by atoms with Crippen molar-refractivity contribution >= 4 is 6.29 Å². The smallest absolute Gasteiger partial charge is 0.233 e. The summed E-state index contributed by atoms with van der Waals surface area (Å²) in [5.74, 6) is 6.46. The second kappa shape index (κ2) is 8.87. The Balaban J connectivity index is 1.43. The van der Waals surface area contributed by atoms with E-state index >= 15 is 0 Å². The van der Waals surface area contributed by atoms with Gasteiger partial charge in [-0.25, -0.2) is 0 Å². The largest absolute Gasteiger partial charge is 0.285 e. The third kappa shape index (κ3) is 4.89. The molecule has 0 fully saturated rings. The van der Waals surface area contributed by atoms with Crippen molar-refractivity contribution in [3.8, 4) is 23.0 Å². The molecule has 0 unspecified atom stereocenters. The molecular weight excluding hydrogens is 352 g/mol. The maximum Gasteiger partial charge on any atom is 0.233 e. The lowest BCUT2D eigenvalue weighted by molar-refractivity contribution is 0.563. The molecule has 0 saturated heterocycles. The minimum atomic E-state index is 0.561. The quantitative estimate of drug-likeness (QED) is 0.414. The predicted molar refractivity (Wildman–Crippen MR) is 118 cm³/mol. The van der Waals surface area contributed by atoms with Crippen LogP contribution in [0.25, 0.3) is 11.1 Å². The molecule has 1 nitrogen and oxygen atoms in total. The number of hydrogen-bond acceptors (Lipinski definition) is 1. The molecule has 0 bridgehead atoms. The summed E-state index contributed by atoms with van der Waals surface area (Å²) in [7, 11) is 0. The molecule has 4 rings (SSSR count). The number of benzene rings is 4. The van der Waals surface area contributed by atoms with Gasteiger partial charge in [-0.2, -0.15) is 0 Å². The first-order chi connectivity index (χ1) is 14.3. The van der Waals surface area contributed by atoms with Crippen LogP contribution in [-0.2, 0) is 11.2 Å². The fourth-order valence-electron chi connectivity index (χ4n) is 3.16. The van der Waals surface area contributed by atoms with Crippen molar-refractivity contribution < 1.29 is 4.79 Å². The van der Waals surface area contributed by atoms with Gasteiger partial charge in [-0.15, -0.1) is 0 Å². The third-order valence-corrected chi connectivity index (χ3v) is 4.78. The number of rotatable bonds is 4. The summed E-state index contributed by atoms with van der Waals surface area (Å²) in [6, 6.07) is 34.4. The second-order valence-corrected chi connectivity index (χ2v) is 6.87. The lowest BCUT2D eigenvalue weighted by Crippen LogP contribution is -1.87. The van der Waals surface area contributed by atoms with Crippen molar-refractivity contribution in [2.45, 2.75) is 6.42 Å². The van der Waals surface area contributed by atoms with Gasteiger partial charge >= 0.3 is 0 Å². The summed E-state index contributed by atoms with van der Waals surface area (Å²) in [6.07, 6.45) is 2.83. The summed E-state index contributed by atoms with van der Waals surface area (Å²) in [6.45, 7) is 0. The van der Waals surface area contributed by atoms with Gasteiger partial charge in [-0.1, -0.05) is 90.7 Å². The monoisotopic (exact) mass is 371 g/mol. The van der Waals surface area contributed by atoms with Crippen LogP contribution in [0.5, 0.6) is 0 Å². The average Bonchev–Trinajstić information content (AvgIpc) is 2.80. The highest BCUT2D eigenvalue weighted by molar-refractivity contribution is 5.77. The molecule has 4 aromatic carbocycles. The molecule has 1 heteroatoms. The Morgan fingerprint density at radius 3 is 1.45 bits per heavy atom. The minimum Gasteiger partial charge on any atom is -0.285 e. The van der Waals surface area contributed by atoms with E-state index in [0.717, 1.165) is 28.7 Å². The fraction of sp³-hybridized carbons (Fsp3) is 0.0357. The molecule has 0 amide bonds. The highest BCUT2D eigenvalue weighted by atomic mass is 16.1. The molecule has 0 aliphatic rings. The maximum absolute atomic E-state index is 10.6. The highest BCUT2D eigenvalue weighted by Gasteiger charge is 1.99. The van der Waals surface area contributed by atoms with Crippen molar-refractivity contribution in [2.75, 3.05) is 0 Å². The van der Waals surface area contributed by atoms with Crippen molar-refractivity contribution in [2.24, 2.45) is 0 Å². The molecule has 0 heterocycles. The zero-order valence-corrected chi connectivity index (χ0v) is 15.9. The van der Waals surface area contributed by atoms with Gasteiger partial charge < -0.3 is 0 Å². The van der Waals surface area contributed by atoms with Crippen molar-refractivity contribution in [1.29, 1.82) is 0 Å². The molecule has 0 N–H and O–H groups in total. The van der Waals surface area contributed by atoms with Crippen LogP contribution >= 0.6 is 0 Å². The van der Waals surface area contributed by atoms with E-state index in [-0.39, 0.29) is 0 Å². The first-order valence-corrected chi connectivity index (χ1v) is 9.54. The van der Waals surface area contributed by atoms with Crippen LogP contribution in [0, 0.1) is 11.8 Å². The van der Waals surface area contributed by atoms with E-state index in [4.69, 9.17) is 0 Å². The molecule has 1 radical (unpaired) electrons. The number of hydrogen-bond donors (Lipinski definition) is 0. The Labute approximate surface area is 171 Å². The van der Waals surface area contributed by atoms with Gasteiger partial charge in [0.1, 0.15) is 0 Å². The van der Waals surface area contributed by atoms with Crippen LogP contribution in [0.1, 0.15) is 27.8 Å². The third-order valence-electron chi connectivity index (χ3n) is 4.78. The summed E-state index contributed by atoms with van der Waals surface area (Å²) < 4.78 is 0. The van der Waals surface area contributed by atoms with Gasteiger partial charge in [0.2, 0.25) is 6.29 Å². The maximum atomic E-state index is 10.6. The van der Waals surface area contributed by atoms with Gasteiger partial charge in [-0.3, -0.25) is 4.79 Å². The van der Waals surface area contributed by atoms with E-state index in [1.165, 1.54) is 11.1 Å².